The normalized spacial score (nSPS) is 11.0. The van der Waals surface area contributed by atoms with Crippen molar-refractivity contribution in [2.75, 3.05) is 28.4 Å². The van der Waals surface area contributed by atoms with Crippen LogP contribution in [0.5, 0.6) is 23.0 Å². The lowest BCUT2D eigenvalue weighted by atomic mass is 10.1. The van der Waals surface area contributed by atoms with E-state index in [1.54, 1.807) is 26.4 Å². The van der Waals surface area contributed by atoms with E-state index in [9.17, 15) is 4.79 Å². The van der Waals surface area contributed by atoms with Gasteiger partial charge in [0, 0.05) is 28.7 Å². The summed E-state index contributed by atoms with van der Waals surface area (Å²) >= 11 is 0. The summed E-state index contributed by atoms with van der Waals surface area (Å²) in [6.45, 7) is 1.94. The fraction of sp³-hybridized carbons (Fsp3) is 0.273. The van der Waals surface area contributed by atoms with Crippen LogP contribution in [0.4, 0.5) is 0 Å². The molecule has 3 rings (SSSR count). The number of rotatable bonds is 8. The molecule has 0 saturated heterocycles. The molecule has 0 fully saturated rings. The summed E-state index contributed by atoms with van der Waals surface area (Å²) in [7, 11) is 6.25. The topological polar surface area (TPSA) is 94.2 Å². The Bertz CT molecular complexity index is 1060. The Labute approximate surface area is 174 Å². The number of aryl methyl sites for hydroxylation is 1. The minimum Gasteiger partial charge on any atom is -0.497 e. The fourth-order valence-electron chi connectivity index (χ4n) is 3.25. The smallest absolute Gasteiger partial charge is 0.244 e. The fourth-order valence-corrected chi connectivity index (χ4v) is 3.25. The average Bonchev–Trinajstić information content (AvgIpc) is 3.07. The third-order valence-corrected chi connectivity index (χ3v) is 4.80. The van der Waals surface area contributed by atoms with Gasteiger partial charge in [-0.3, -0.25) is 4.79 Å². The van der Waals surface area contributed by atoms with Gasteiger partial charge in [-0.2, -0.15) is 5.10 Å². The van der Waals surface area contributed by atoms with Gasteiger partial charge in [-0.05, 0) is 30.7 Å². The largest absolute Gasteiger partial charge is 0.497 e. The number of fused-ring (bicyclic) bond motifs is 1. The van der Waals surface area contributed by atoms with Crippen molar-refractivity contribution in [3.8, 4) is 23.0 Å². The summed E-state index contributed by atoms with van der Waals surface area (Å²) < 4.78 is 21.3. The van der Waals surface area contributed by atoms with Crippen LogP contribution in [-0.4, -0.2) is 45.5 Å². The van der Waals surface area contributed by atoms with Gasteiger partial charge in [0.2, 0.25) is 5.91 Å². The van der Waals surface area contributed by atoms with Gasteiger partial charge in [0.15, 0.2) is 0 Å². The second-order valence-corrected chi connectivity index (χ2v) is 6.56. The highest BCUT2D eigenvalue weighted by Gasteiger charge is 2.14. The number of nitrogens with one attached hydrogen (secondary N) is 2. The number of amides is 1. The van der Waals surface area contributed by atoms with Gasteiger partial charge in [-0.15, -0.1) is 0 Å². The molecule has 0 aliphatic rings. The predicted molar refractivity (Wildman–Crippen MR) is 115 cm³/mol. The Morgan fingerprint density at radius 1 is 1.00 bits per heavy atom. The van der Waals surface area contributed by atoms with Crippen LogP contribution in [0.2, 0.25) is 0 Å². The van der Waals surface area contributed by atoms with E-state index < -0.39 is 0 Å². The number of carbonyl (C=O) groups excluding carboxylic acids is 1. The first-order chi connectivity index (χ1) is 14.5. The summed E-state index contributed by atoms with van der Waals surface area (Å²) in [5.41, 5.74) is 5.93. The highest BCUT2D eigenvalue weighted by atomic mass is 16.5. The molecule has 1 amide bonds. The number of hydrogen-bond acceptors (Lipinski definition) is 6. The van der Waals surface area contributed by atoms with Crippen LogP contribution < -0.4 is 24.4 Å². The van der Waals surface area contributed by atoms with Crippen molar-refractivity contribution in [3.05, 3.63) is 47.2 Å². The van der Waals surface area contributed by atoms with Crippen LogP contribution in [0.3, 0.4) is 0 Å². The molecule has 0 atom stereocenters. The maximum absolute atomic E-state index is 12.5. The van der Waals surface area contributed by atoms with Crippen molar-refractivity contribution in [1.82, 2.24) is 10.4 Å². The number of carbonyl (C=O) groups is 1. The third-order valence-electron chi connectivity index (χ3n) is 4.80. The lowest BCUT2D eigenvalue weighted by molar-refractivity contribution is -0.120. The molecule has 3 aromatic rings. The van der Waals surface area contributed by atoms with E-state index in [1.807, 2.05) is 25.1 Å². The SMILES string of the molecule is COc1cc(OC)c(C=NNC(=O)Cc2c(C)[nH]c3ccc(OC)cc23)c(OC)c1. The molecule has 0 unspecified atom stereocenters. The van der Waals surface area contributed by atoms with Crippen LogP contribution in [0, 0.1) is 6.92 Å². The van der Waals surface area contributed by atoms with Crippen LogP contribution >= 0.6 is 0 Å². The van der Waals surface area contributed by atoms with Crippen LogP contribution in [0.15, 0.2) is 35.4 Å². The van der Waals surface area contributed by atoms with Crippen LogP contribution in [0.1, 0.15) is 16.8 Å². The number of aromatic amines is 1. The lowest BCUT2D eigenvalue weighted by Gasteiger charge is -2.12. The predicted octanol–water partition coefficient (Wildman–Crippen LogP) is 3.20. The second kappa shape index (κ2) is 9.21. The van der Waals surface area contributed by atoms with Gasteiger partial charge in [0.1, 0.15) is 23.0 Å². The molecule has 0 aliphatic carbocycles. The van der Waals surface area contributed by atoms with Crippen molar-refractivity contribution < 1.29 is 23.7 Å². The van der Waals surface area contributed by atoms with E-state index in [4.69, 9.17) is 18.9 Å². The van der Waals surface area contributed by atoms with E-state index in [0.717, 1.165) is 27.9 Å². The molecule has 1 aromatic heterocycles. The van der Waals surface area contributed by atoms with Gasteiger partial charge in [0.25, 0.3) is 0 Å². The highest BCUT2D eigenvalue weighted by molar-refractivity contribution is 5.92. The summed E-state index contributed by atoms with van der Waals surface area (Å²) in [4.78, 5) is 15.8. The van der Waals surface area contributed by atoms with Crippen molar-refractivity contribution >= 4 is 23.0 Å². The first-order valence-electron chi connectivity index (χ1n) is 9.27. The minimum absolute atomic E-state index is 0.174. The monoisotopic (exact) mass is 411 g/mol. The summed E-state index contributed by atoms with van der Waals surface area (Å²) in [5.74, 6) is 2.12. The van der Waals surface area contributed by atoms with Crippen molar-refractivity contribution in [1.29, 1.82) is 0 Å². The number of H-pyrrole nitrogens is 1. The minimum atomic E-state index is -0.246. The lowest BCUT2D eigenvalue weighted by Crippen LogP contribution is -2.20. The molecular weight excluding hydrogens is 386 g/mol. The quantitative estimate of drug-likeness (QED) is 0.439. The molecule has 0 saturated carbocycles. The Kier molecular flexibility index (Phi) is 6.46. The van der Waals surface area contributed by atoms with E-state index in [1.165, 1.54) is 20.4 Å². The number of methoxy groups -OCH3 is 4. The number of aromatic nitrogens is 1. The molecule has 0 spiro atoms. The Balaban J connectivity index is 1.78. The Hall–Kier alpha value is -3.68. The maximum Gasteiger partial charge on any atom is 0.244 e. The summed E-state index contributed by atoms with van der Waals surface area (Å²) in [6, 6.07) is 9.16. The first kappa shape index (κ1) is 21.0. The van der Waals surface area contributed by atoms with Gasteiger partial charge in [-0.25, -0.2) is 5.43 Å². The van der Waals surface area contributed by atoms with E-state index in [-0.39, 0.29) is 12.3 Å². The van der Waals surface area contributed by atoms with Crippen molar-refractivity contribution in [3.63, 3.8) is 0 Å². The molecule has 0 aliphatic heterocycles. The molecule has 2 aromatic carbocycles. The number of nitrogens with zero attached hydrogens (tertiary/aromatic N) is 1. The van der Waals surface area contributed by atoms with E-state index >= 15 is 0 Å². The van der Waals surface area contributed by atoms with E-state index in [0.29, 0.717) is 22.8 Å². The number of benzene rings is 2. The van der Waals surface area contributed by atoms with Gasteiger partial charge in [-0.1, -0.05) is 0 Å². The molecule has 8 nitrogen and oxygen atoms in total. The molecule has 0 bridgehead atoms. The van der Waals surface area contributed by atoms with Gasteiger partial charge < -0.3 is 23.9 Å². The van der Waals surface area contributed by atoms with Gasteiger partial charge in [0.05, 0.1) is 46.6 Å². The molecule has 0 radical (unpaired) electrons. The number of ether oxygens (including phenoxy) is 4. The summed E-state index contributed by atoms with van der Waals surface area (Å²) in [5, 5.41) is 5.03. The van der Waals surface area contributed by atoms with Gasteiger partial charge >= 0.3 is 0 Å². The number of hydrogen-bond donors (Lipinski definition) is 2. The first-order valence-corrected chi connectivity index (χ1v) is 9.27. The third kappa shape index (κ3) is 4.32. The maximum atomic E-state index is 12.5. The Morgan fingerprint density at radius 3 is 2.27 bits per heavy atom. The molecular formula is C22H25N3O5. The Morgan fingerprint density at radius 2 is 1.67 bits per heavy atom. The van der Waals surface area contributed by atoms with Crippen molar-refractivity contribution in [2.24, 2.45) is 5.10 Å². The zero-order valence-electron chi connectivity index (χ0n) is 17.7. The summed E-state index contributed by atoms with van der Waals surface area (Å²) in [6.07, 6.45) is 1.66. The van der Waals surface area contributed by atoms with Crippen LogP contribution in [0.25, 0.3) is 10.9 Å². The molecule has 30 heavy (non-hydrogen) atoms. The zero-order chi connectivity index (χ0) is 21.7. The van der Waals surface area contributed by atoms with Crippen LogP contribution in [-0.2, 0) is 11.2 Å². The average molecular weight is 411 g/mol. The van der Waals surface area contributed by atoms with Crippen molar-refractivity contribution in [2.45, 2.75) is 13.3 Å². The molecule has 1 heterocycles. The highest BCUT2D eigenvalue weighted by Crippen LogP contribution is 2.32. The second-order valence-electron chi connectivity index (χ2n) is 6.56. The zero-order valence-corrected chi connectivity index (χ0v) is 17.7. The number of hydrazone groups is 1. The standard InChI is InChI=1S/C22H25N3O5/c1-13-16(17-8-14(27-2)6-7-19(17)24-13)11-22(26)25-23-12-18-20(29-4)9-15(28-3)10-21(18)30-5/h6-10,12,24H,11H2,1-5H3,(H,25,26). The molecule has 2 N–H and O–H groups in total. The molecule has 8 heteroatoms. The van der Waals surface area contributed by atoms with E-state index in [2.05, 4.69) is 15.5 Å². The molecule has 158 valence electrons.